The van der Waals surface area contributed by atoms with Crippen LogP contribution >= 0.6 is 15.9 Å². The Morgan fingerprint density at radius 2 is 1.87 bits per heavy atom. The van der Waals surface area contributed by atoms with Crippen molar-refractivity contribution in [3.8, 4) is 0 Å². The molecule has 0 heterocycles. The summed E-state index contributed by atoms with van der Waals surface area (Å²) in [5, 5.41) is 0. The summed E-state index contributed by atoms with van der Waals surface area (Å²) in [5.74, 6) is 1.76. The van der Waals surface area contributed by atoms with Crippen LogP contribution in [0.25, 0.3) is 0 Å². The standard InChI is InChI=1S/C13H23BrO/c1-10(11-7-8-11)9-15-13-6-4-2-3-5-12(13)14/h10-13H,2-9H2,1H3. The van der Waals surface area contributed by atoms with E-state index in [-0.39, 0.29) is 0 Å². The van der Waals surface area contributed by atoms with E-state index in [2.05, 4.69) is 22.9 Å². The lowest BCUT2D eigenvalue weighted by Crippen LogP contribution is -2.25. The molecule has 0 aromatic heterocycles. The van der Waals surface area contributed by atoms with Crippen molar-refractivity contribution in [2.24, 2.45) is 11.8 Å². The summed E-state index contributed by atoms with van der Waals surface area (Å²) in [7, 11) is 0. The summed E-state index contributed by atoms with van der Waals surface area (Å²) < 4.78 is 6.09. The maximum Gasteiger partial charge on any atom is 0.0700 e. The fourth-order valence-corrected chi connectivity index (χ4v) is 3.23. The molecule has 2 fully saturated rings. The van der Waals surface area contributed by atoms with Gasteiger partial charge in [-0.3, -0.25) is 0 Å². The van der Waals surface area contributed by atoms with Gasteiger partial charge < -0.3 is 4.74 Å². The minimum atomic E-state index is 0.480. The Bertz CT molecular complexity index is 191. The van der Waals surface area contributed by atoms with Crippen molar-refractivity contribution in [2.45, 2.75) is 62.8 Å². The van der Waals surface area contributed by atoms with E-state index in [0.717, 1.165) is 18.4 Å². The molecule has 0 amide bonds. The number of halogens is 1. The molecule has 3 unspecified atom stereocenters. The van der Waals surface area contributed by atoms with Gasteiger partial charge in [-0.1, -0.05) is 42.1 Å². The fraction of sp³-hybridized carbons (Fsp3) is 1.00. The summed E-state index contributed by atoms with van der Waals surface area (Å²) >= 11 is 3.78. The van der Waals surface area contributed by atoms with Gasteiger partial charge in [0.25, 0.3) is 0 Å². The van der Waals surface area contributed by atoms with E-state index in [9.17, 15) is 0 Å². The van der Waals surface area contributed by atoms with Crippen LogP contribution in [0.3, 0.4) is 0 Å². The summed E-state index contributed by atoms with van der Waals surface area (Å²) in [6.07, 6.45) is 10.0. The number of hydrogen-bond donors (Lipinski definition) is 0. The number of rotatable bonds is 4. The highest BCUT2D eigenvalue weighted by Gasteiger charge is 2.29. The van der Waals surface area contributed by atoms with Crippen molar-refractivity contribution in [3.05, 3.63) is 0 Å². The Hall–Kier alpha value is 0.440. The van der Waals surface area contributed by atoms with Crippen LogP contribution in [0, 0.1) is 11.8 Å². The average Bonchev–Trinajstić information content (AvgIpc) is 3.02. The van der Waals surface area contributed by atoms with E-state index in [4.69, 9.17) is 4.74 Å². The second-order valence-corrected chi connectivity index (χ2v) is 6.52. The molecule has 88 valence electrons. The molecule has 3 atom stereocenters. The molecule has 0 N–H and O–H groups in total. The van der Waals surface area contributed by atoms with Crippen LogP contribution in [-0.4, -0.2) is 17.5 Å². The zero-order chi connectivity index (χ0) is 10.7. The Morgan fingerprint density at radius 1 is 1.13 bits per heavy atom. The molecular formula is C13H23BrO. The minimum absolute atomic E-state index is 0.480. The van der Waals surface area contributed by atoms with E-state index in [1.165, 1.54) is 44.9 Å². The Kier molecular flexibility index (Phi) is 4.51. The van der Waals surface area contributed by atoms with Crippen LogP contribution in [0.15, 0.2) is 0 Å². The zero-order valence-corrected chi connectivity index (χ0v) is 11.3. The highest BCUT2D eigenvalue weighted by Crippen LogP contribution is 2.37. The van der Waals surface area contributed by atoms with Crippen molar-refractivity contribution < 1.29 is 4.74 Å². The Morgan fingerprint density at radius 3 is 2.60 bits per heavy atom. The minimum Gasteiger partial charge on any atom is -0.377 e. The van der Waals surface area contributed by atoms with E-state index in [1.54, 1.807) is 0 Å². The molecule has 2 heteroatoms. The van der Waals surface area contributed by atoms with Gasteiger partial charge in [-0.15, -0.1) is 0 Å². The van der Waals surface area contributed by atoms with Crippen LogP contribution in [0.5, 0.6) is 0 Å². The summed E-state index contributed by atoms with van der Waals surface area (Å²) in [6.45, 7) is 3.33. The predicted molar refractivity (Wildman–Crippen MR) is 67.4 cm³/mol. The molecule has 2 rings (SSSR count). The number of hydrogen-bond acceptors (Lipinski definition) is 1. The second kappa shape index (κ2) is 5.67. The van der Waals surface area contributed by atoms with Gasteiger partial charge in [-0.05, 0) is 37.5 Å². The van der Waals surface area contributed by atoms with Gasteiger partial charge in [-0.2, -0.15) is 0 Å². The SMILES string of the molecule is CC(COC1CCCCCC1Br)C1CC1. The van der Waals surface area contributed by atoms with Gasteiger partial charge in [0, 0.05) is 11.4 Å². The first-order valence-electron chi connectivity index (χ1n) is 6.53. The third kappa shape index (κ3) is 3.74. The third-order valence-corrected chi connectivity index (χ3v) is 4.92. The zero-order valence-electron chi connectivity index (χ0n) is 9.75. The molecule has 0 bridgehead atoms. The summed E-state index contributed by atoms with van der Waals surface area (Å²) in [4.78, 5) is 0.603. The Labute approximate surface area is 102 Å². The Balaban J connectivity index is 1.71. The molecule has 2 aliphatic rings. The highest BCUT2D eigenvalue weighted by molar-refractivity contribution is 9.09. The first-order valence-corrected chi connectivity index (χ1v) is 7.44. The molecule has 0 spiro atoms. The molecule has 0 aromatic carbocycles. The molecule has 0 radical (unpaired) electrons. The lowest BCUT2D eigenvalue weighted by atomic mass is 10.1. The number of alkyl halides is 1. The lowest BCUT2D eigenvalue weighted by molar-refractivity contribution is 0.0242. The maximum absolute atomic E-state index is 6.09. The first-order chi connectivity index (χ1) is 7.27. The van der Waals surface area contributed by atoms with Crippen LogP contribution in [-0.2, 0) is 4.74 Å². The topological polar surface area (TPSA) is 9.23 Å². The van der Waals surface area contributed by atoms with Gasteiger partial charge in [0.1, 0.15) is 0 Å². The molecule has 2 aliphatic carbocycles. The van der Waals surface area contributed by atoms with Crippen LogP contribution in [0.1, 0.15) is 51.9 Å². The molecule has 0 aromatic rings. The van der Waals surface area contributed by atoms with Gasteiger partial charge in [-0.25, -0.2) is 0 Å². The highest BCUT2D eigenvalue weighted by atomic mass is 79.9. The molecule has 1 nitrogen and oxygen atoms in total. The van der Waals surface area contributed by atoms with Gasteiger partial charge >= 0.3 is 0 Å². The van der Waals surface area contributed by atoms with Crippen LogP contribution in [0.2, 0.25) is 0 Å². The predicted octanol–water partition coefficient (Wildman–Crippen LogP) is 4.15. The van der Waals surface area contributed by atoms with Crippen molar-refractivity contribution >= 4 is 15.9 Å². The third-order valence-electron chi connectivity index (χ3n) is 3.87. The molecule has 0 aliphatic heterocycles. The van der Waals surface area contributed by atoms with Crippen molar-refractivity contribution in [1.29, 1.82) is 0 Å². The lowest BCUT2D eigenvalue weighted by Gasteiger charge is -2.22. The second-order valence-electron chi connectivity index (χ2n) is 5.34. The number of ether oxygens (including phenoxy) is 1. The van der Waals surface area contributed by atoms with Crippen molar-refractivity contribution in [2.75, 3.05) is 6.61 Å². The molecule has 2 saturated carbocycles. The summed E-state index contributed by atoms with van der Waals surface area (Å²) in [5.41, 5.74) is 0. The normalized spacial score (nSPS) is 34.8. The van der Waals surface area contributed by atoms with Gasteiger partial charge in [0.2, 0.25) is 0 Å². The largest absolute Gasteiger partial charge is 0.377 e. The average molecular weight is 275 g/mol. The molecular weight excluding hydrogens is 252 g/mol. The maximum atomic E-state index is 6.09. The summed E-state index contributed by atoms with van der Waals surface area (Å²) in [6, 6.07) is 0. The van der Waals surface area contributed by atoms with E-state index < -0.39 is 0 Å². The van der Waals surface area contributed by atoms with Gasteiger partial charge in [0.15, 0.2) is 0 Å². The molecule has 15 heavy (non-hydrogen) atoms. The monoisotopic (exact) mass is 274 g/mol. The molecule has 0 saturated heterocycles. The quantitative estimate of drug-likeness (QED) is 0.553. The van der Waals surface area contributed by atoms with Gasteiger partial charge in [0.05, 0.1) is 6.10 Å². The van der Waals surface area contributed by atoms with E-state index >= 15 is 0 Å². The van der Waals surface area contributed by atoms with Crippen molar-refractivity contribution in [3.63, 3.8) is 0 Å². The van der Waals surface area contributed by atoms with Crippen molar-refractivity contribution in [1.82, 2.24) is 0 Å². The van der Waals surface area contributed by atoms with Crippen LogP contribution < -0.4 is 0 Å². The van der Waals surface area contributed by atoms with E-state index in [0.29, 0.717) is 10.9 Å². The smallest absolute Gasteiger partial charge is 0.0700 e. The fourth-order valence-electron chi connectivity index (χ4n) is 2.49. The van der Waals surface area contributed by atoms with Crippen LogP contribution in [0.4, 0.5) is 0 Å². The first kappa shape index (κ1) is 11.9. The van der Waals surface area contributed by atoms with E-state index in [1.807, 2.05) is 0 Å².